The third-order valence-electron chi connectivity index (χ3n) is 5.55. The highest BCUT2D eigenvalue weighted by Crippen LogP contribution is 2.40. The minimum atomic E-state index is -0.429. The lowest BCUT2D eigenvalue weighted by molar-refractivity contribution is -0.143. The van der Waals surface area contributed by atoms with E-state index in [1.165, 1.54) is 10.6 Å². The third-order valence-corrected chi connectivity index (χ3v) is 5.55. The average Bonchev–Trinajstić information content (AvgIpc) is 2.91. The van der Waals surface area contributed by atoms with Crippen molar-refractivity contribution in [2.45, 2.75) is 25.8 Å². The van der Waals surface area contributed by atoms with Gasteiger partial charge in [-0.25, -0.2) is 0 Å². The number of hydrogen-bond donors (Lipinski definition) is 0. The van der Waals surface area contributed by atoms with E-state index in [0.29, 0.717) is 13.1 Å². The van der Waals surface area contributed by atoms with Crippen molar-refractivity contribution in [2.24, 2.45) is 5.41 Å². The molecule has 0 radical (unpaired) electrons. The Labute approximate surface area is 154 Å². The molecule has 0 bridgehead atoms. The largest absolute Gasteiger partial charge is 0.341 e. The number of hydrogen-bond acceptors (Lipinski definition) is 4. The van der Waals surface area contributed by atoms with E-state index < -0.39 is 5.41 Å². The first-order valence-electron chi connectivity index (χ1n) is 9.29. The summed E-state index contributed by atoms with van der Waals surface area (Å²) in [5.74, 6) is 0.102. The van der Waals surface area contributed by atoms with Gasteiger partial charge in [-0.1, -0.05) is 6.07 Å². The Hall–Kier alpha value is -2.15. The molecule has 7 heteroatoms. The number of pyridine rings is 1. The molecular weight excluding hydrogens is 332 g/mol. The summed E-state index contributed by atoms with van der Waals surface area (Å²) in [6.07, 6.45) is 4.13. The minimum Gasteiger partial charge on any atom is -0.341 e. The van der Waals surface area contributed by atoms with Crippen LogP contribution in [-0.2, 0) is 16.1 Å². The van der Waals surface area contributed by atoms with Crippen LogP contribution < -0.4 is 5.56 Å². The Morgan fingerprint density at radius 3 is 2.73 bits per heavy atom. The Balaban J connectivity index is 1.65. The van der Waals surface area contributed by atoms with Crippen molar-refractivity contribution < 1.29 is 9.59 Å². The fraction of sp³-hybridized carbons (Fsp3) is 0.632. The molecule has 2 saturated heterocycles. The van der Waals surface area contributed by atoms with Crippen LogP contribution in [0, 0.1) is 5.41 Å². The van der Waals surface area contributed by atoms with Crippen molar-refractivity contribution in [3.8, 4) is 0 Å². The van der Waals surface area contributed by atoms with Crippen molar-refractivity contribution in [3.63, 3.8) is 0 Å². The molecular formula is C19H28N4O3. The number of amides is 2. The van der Waals surface area contributed by atoms with Gasteiger partial charge in [0.05, 0.1) is 5.41 Å². The maximum atomic E-state index is 13.0. The minimum absolute atomic E-state index is 0.0360. The standard InChI is InChI=1S/C19H28N4O3/c1-20(2)12-13-21-11-8-19(18(21)26)7-5-10-23(15-19)17(25)14-22-9-4-3-6-16(22)24/h3-4,6,9H,5,7-8,10-15H2,1-2H3. The number of rotatable bonds is 5. The molecule has 3 heterocycles. The maximum Gasteiger partial charge on any atom is 0.250 e. The molecule has 1 aromatic rings. The Morgan fingerprint density at radius 1 is 1.19 bits per heavy atom. The van der Waals surface area contributed by atoms with Crippen LogP contribution in [0.1, 0.15) is 19.3 Å². The number of likely N-dealkylation sites (tertiary alicyclic amines) is 2. The first kappa shape index (κ1) is 18.6. The van der Waals surface area contributed by atoms with Gasteiger partial charge < -0.3 is 19.3 Å². The molecule has 0 N–H and O–H groups in total. The van der Waals surface area contributed by atoms with Crippen LogP contribution in [0.25, 0.3) is 0 Å². The predicted molar refractivity (Wildman–Crippen MR) is 98.7 cm³/mol. The van der Waals surface area contributed by atoms with E-state index in [2.05, 4.69) is 4.90 Å². The third kappa shape index (κ3) is 3.82. The fourth-order valence-electron chi connectivity index (χ4n) is 3.99. The molecule has 0 saturated carbocycles. The zero-order chi connectivity index (χ0) is 18.7. The average molecular weight is 360 g/mol. The Kier molecular flexibility index (Phi) is 5.46. The molecule has 1 aromatic heterocycles. The van der Waals surface area contributed by atoms with Gasteiger partial charge in [-0.3, -0.25) is 14.4 Å². The lowest BCUT2D eigenvalue weighted by Gasteiger charge is -2.39. The molecule has 2 fully saturated rings. The Morgan fingerprint density at radius 2 is 2.00 bits per heavy atom. The van der Waals surface area contributed by atoms with Gasteiger partial charge in [-0.05, 0) is 39.4 Å². The van der Waals surface area contributed by atoms with E-state index in [1.54, 1.807) is 23.2 Å². The Bertz CT molecular complexity index is 729. The summed E-state index contributed by atoms with van der Waals surface area (Å²) < 4.78 is 1.42. The SMILES string of the molecule is CN(C)CCN1CCC2(CCCN(C(=O)Cn3ccccc3=O)C2)C1=O. The number of aromatic nitrogens is 1. The number of carbonyl (C=O) groups is 2. The van der Waals surface area contributed by atoms with Crippen LogP contribution in [0.2, 0.25) is 0 Å². The second-order valence-corrected chi connectivity index (χ2v) is 7.71. The van der Waals surface area contributed by atoms with Gasteiger partial charge >= 0.3 is 0 Å². The molecule has 1 spiro atoms. The van der Waals surface area contributed by atoms with Gasteiger partial charge in [-0.2, -0.15) is 0 Å². The highest BCUT2D eigenvalue weighted by Gasteiger charge is 2.49. The van der Waals surface area contributed by atoms with Crippen LogP contribution in [0.3, 0.4) is 0 Å². The van der Waals surface area contributed by atoms with Gasteiger partial charge in [0.25, 0.3) is 5.56 Å². The van der Waals surface area contributed by atoms with Crippen molar-refractivity contribution >= 4 is 11.8 Å². The second kappa shape index (κ2) is 7.61. The summed E-state index contributed by atoms with van der Waals surface area (Å²) in [6.45, 7) is 3.53. The normalized spacial score (nSPS) is 23.3. The van der Waals surface area contributed by atoms with Gasteiger partial charge in [-0.15, -0.1) is 0 Å². The topological polar surface area (TPSA) is 65.9 Å². The lowest BCUT2D eigenvalue weighted by Crippen LogP contribution is -2.51. The number of piperidine rings is 1. The fourth-order valence-corrected chi connectivity index (χ4v) is 3.99. The van der Waals surface area contributed by atoms with Gasteiger partial charge in [0.1, 0.15) is 6.54 Å². The zero-order valence-electron chi connectivity index (χ0n) is 15.7. The second-order valence-electron chi connectivity index (χ2n) is 7.71. The van der Waals surface area contributed by atoms with Gasteiger partial charge in [0.2, 0.25) is 11.8 Å². The van der Waals surface area contributed by atoms with Crippen molar-refractivity contribution in [1.82, 2.24) is 19.3 Å². The van der Waals surface area contributed by atoms with Crippen LogP contribution in [0.15, 0.2) is 29.2 Å². The van der Waals surface area contributed by atoms with Crippen molar-refractivity contribution in [2.75, 3.05) is 46.8 Å². The van der Waals surface area contributed by atoms with Crippen LogP contribution in [0.4, 0.5) is 0 Å². The summed E-state index contributed by atoms with van der Waals surface area (Å²) in [7, 11) is 4.01. The molecule has 3 rings (SSSR count). The summed E-state index contributed by atoms with van der Waals surface area (Å²) in [4.78, 5) is 43.3. The predicted octanol–water partition coefficient (Wildman–Crippen LogP) is 0.251. The number of likely N-dealkylation sites (N-methyl/N-ethyl adjacent to an activating group) is 1. The zero-order valence-corrected chi connectivity index (χ0v) is 15.7. The summed E-state index contributed by atoms with van der Waals surface area (Å²) in [5, 5.41) is 0. The molecule has 0 aromatic carbocycles. The molecule has 2 amide bonds. The van der Waals surface area contributed by atoms with E-state index in [1.807, 2.05) is 19.0 Å². The summed E-state index contributed by atoms with van der Waals surface area (Å²) >= 11 is 0. The molecule has 142 valence electrons. The van der Waals surface area contributed by atoms with E-state index in [4.69, 9.17) is 0 Å². The highest BCUT2D eigenvalue weighted by atomic mass is 16.2. The molecule has 0 aliphatic carbocycles. The van der Waals surface area contributed by atoms with Crippen LogP contribution >= 0.6 is 0 Å². The summed E-state index contributed by atoms with van der Waals surface area (Å²) in [5.41, 5.74) is -0.610. The number of carbonyl (C=O) groups excluding carboxylic acids is 2. The quantitative estimate of drug-likeness (QED) is 0.755. The molecule has 2 aliphatic rings. The van der Waals surface area contributed by atoms with E-state index in [-0.39, 0.29) is 23.9 Å². The smallest absolute Gasteiger partial charge is 0.250 e. The van der Waals surface area contributed by atoms with Crippen LogP contribution in [0.5, 0.6) is 0 Å². The van der Waals surface area contributed by atoms with E-state index >= 15 is 0 Å². The number of nitrogens with zero attached hydrogens (tertiary/aromatic N) is 4. The van der Waals surface area contributed by atoms with Crippen molar-refractivity contribution in [1.29, 1.82) is 0 Å². The molecule has 1 atom stereocenters. The molecule has 1 unspecified atom stereocenters. The highest BCUT2D eigenvalue weighted by molar-refractivity contribution is 5.86. The van der Waals surface area contributed by atoms with Gasteiger partial charge in [0, 0.05) is 45.0 Å². The first-order valence-corrected chi connectivity index (χ1v) is 9.29. The van der Waals surface area contributed by atoms with Crippen LogP contribution in [-0.4, -0.2) is 77.9 Å². The van der Waals surface area contributed by atoms with Crippen molar-refractivity contribution in [3.05, 3.63) is 34.7 Å². The summed E-state index contributed by atoms with van der Waals surface area (Å²) in [6, 6.07) is 4.86. The molecule has 26 heavy (non-hydrogen) atoms. The first-order chi connectivity index (χ1) is 12.4. The van der Waals surface area contributed by atoms with E-state index in [9.17, 15) is 14.4 Å². The lowest BCUT2D eigenvalue weighted by atomic mass is 9.78. The monoisotopic (exact) mass is 360 g/mol. The molecule has 7 nitrogen and oxygen atoms in total. The molecule has 2 aliphatic heterocycles. The van der Waals surface area contributed by atoms with Gasteiger partial charge in [0.15, 0.2) is 0 Å². The van der Waals surface area contributed by atoms with E-state index in [0.717, 1.165) is 38.9 Å². The maximum absolute atomic E-state index is 13.0.